The van der Waals surface area contributed by atoms with Gasteiger partial charge in [0.05, 0.1) is 5.69 Å². The molecule has 1 aliphatic heterocycles. The number of hydrogen-bond donors (Lipinski definition) is 1. The fourth-order valence-corrected chi connectivity index (χ4v) is 3.75. The molecular weight excluding hydrogens is 413 g/mol. The molecule has 1 N–H and O–H groups in total. The van der Waals surface area contributed by atoms with Crippen LogP contribution in [0, 0.1) is 0 Å². The molecule has 1 aliphatic rings. The van der Waals surface area contributed by atoms with Gasteiger partial charge in [-0.15, -0.1) is 11.3 Å². The number of aromatic nitrogens is 1. The molecule has 10 heteroatoms. The molecule has 0 atom stereocenters. The highest BCUT2D eigenvalue weighted by atomic mass is 32.2. The Balaban J connectivity index is 1.44. The van der Waals surface area contributed by atoms with E-state index < -0.39 is 11.4 Å². The van der Waals surface area contributed by atoms with E-state index in [4.69, 9.17) is 9.47 Å². The van der Waals surface area contributed by atoms with Crippen molar-refractivity contribution in [2.45, 2.75) is 10.4 Å². The van der Waals surface area contributed by atoms with E-state index in [1.807, 2.05) is 6.07 Å². The summed E-state index contributed by atoms with van der Waals surface area (Å²) < 4.78 is 47.7. The normalized spacial score (nSPS) is 12.8. The van der Waals surface area contributed by atoms with E-state index in [0.29, 0.717) is 22.3 Å². The molecule has 1 aromatic heterocycles. The molecule has 2 heterocycles. The highest BCUT2D eigenvalue weighted by molar-refractivity contribution is 8.00. The van der Waals surface area contributed by atoms with Gasteiger partial charge in [0.25, 0.3) is 5.91 Å². The Labute approximate surface area is 165 Å². The zero-order valence-electron chi connectivity index (χ0n) is 13.9. The quantitative estimate of drug-likeness (QED) is 0.568. The Morgan fingerprint density at radius 1 is 1.11 bits per heavy atom. The maximum atomic E-state index is 12.4. The van der Waals surface area contributed by atoms with Crippen molar-refractivity contribution >= 4 is 34.1 Å². The maximum absolute atomic E-state index is 12.4. The first-order valence-corrected chi connectivity index (χ1v) is 9.60. The number of ether oxygens (including phenoxy) is 2. The zero-order chi connectivity index (χ0) is 19.7. The third kappa shape index (κ3) is 4.23. The molecule has 0 spiro atoms. The van der Waals surface area contributed by atoms with Crippen LogP contribution < -0.4 is 14.8 Å². The van der Waals surface area contributed by atoms with Gasteiger partial charge in [-0.1, -0.05) is 0 Å². The number of carbonyl (C=O) groups excluding carboxylic acids is 1. The Kier molecular flexibility index (Phi) is 4.90. The van der Waals surface area contributed by atoms with E-state index in [1.54, 1.807) is 17.5 Å². The van der Waals surface area contributed by atoms with Crippen LogP contribution in [-0.2, 0) is 0 Å². The molecule has 0 saturated carbocycles. The number of nitrogens with zero attached hydrogens (tertiary/aromatic N) is 1. The zero-order valence-corrected chi connectivity index (χ0v) is 15.6. The molecule has 4 rings (SSSR count). The number of hydrogen-bond acceptors (Lipinski definition) is 6. The summed E-state index contributed by atoms with van der Waals surface area (Å²) in [6, 6.07) is 10.6. The van der Waals surface area contributed by atoms with Crippen molar-refractivity contribution in [3.8, 4) is 22.8 Å². The lowest BCUT2D eigenvalue weighted by molar-refractivity contribution is -0.0328. The molecule has 144 valence electrons. The van der Waals surface area contributed by atoms with Gasteiger partial charge in [0.2, 0.25) is 6.79 Å². The fourth-order valence-electron chi connectivity index (χ4n) is 2.50. The van der Waals surface area contributed by atoms with Gasteiger partial charge in [0, 0.05) is 21.4 Å². The SMILES string of the molecule is O=C(Nc1nc(-c2ccc3c(c2)OCO3)cs1)c1ccc(SC(F)(F)F)cc1. The predicted octanol–water partition coefficient (Wildman–Crippen LogP) is 5.40. The average molecular weight is 424 g/mol. The number of carbonyl (C=O) groups is 1. The van der Waals surface area contributed by atoms with E-state index in [0.717, 1.165) is 5.56 Å². The van der Waals surface area contributed by atoms with Crippen molar-refractivity contribution in [3.05, 3.63) is 53.4 Å². The number of rotatable bonds is 4. The summed E-state index contributed by atoms with van der Waals surface area (Å²) in [6.45, 7) is 0.178. The van der Waals surface area contributed by atoms with Crippen LogP contribution >= 0.6 is 23.1 Å². The number of anilines is 1. The fraction of sp³-hybridized carbons (Fsp3) is 0.111. The van der Waals surface area contributed by atoms with Gasteiger partial charge in [-0.3, -0.25) is 10.1 Å². The van der Waals surface area contributed by atoms with Crippen molar-refractivity contribution in [1.29, 1.82) is 0 Å². The van der Waals surface area contributed by atoms with Gasteiger partial charge >= 0.3 is 5.51 Å². The minimum Gasteiger partial charge on any atom is -0.454 e. The van der Waals surface area contributed by atoms with Crippen LogP contribution in [0.25, 0.3) is 11.3 Å². The Bertz CT molecular complexity index is 1020. The van der Waals surface area contributed by atoms with Crippen LogP contribution in [0.15, 0.2) is 52.7 Å². The molecule has 28 heavy (non-hydrogen) atoms. The van der Waals surface area contributed by atoms with E-state index >= 15 is 0 Å². The molecule has 2 aromatic carbocycles. The van der Waals surface area contributed by atoms with Gasteiger partial charge in [-0.2, -0.15) is 13.2 Å². The summed E-state index contributed by atoms with van der Waals surface area (Å²) in [5.41, 5.74) is -2.65. The molecular formula is C18H11F3N2O3S2. The Morgan fingerprint density at radius 3 is 2.61 bits per heavy atom. The van der Waals surface area contributed by atoms with Gasteiger partial charge in [-0.05, 0) is 54.2 Å². The predicted molar refractivity (Wildman–Crippen MR) is 100.0 cm³/mol. The number of thiazole rings is 1. The molecule has 0 bridgehead atoms. The standard InChI is InChI=1S/C18H11F3N2O3S2/c19-18(20,21)28-12-4-1-10(2-5-12)16(24)23-17-22-13(8-27-17)11-3-6-14-15(7-11)26-9-25-14/h1-8H,9H2,(H,22,23,24). The smallest absolute Gasteiger partial charge is 0.446 e. The summed E-state index contributed by atoms with van der Waals surface area (Å²) >= 11 is 1.02. The number of halogens is 3. The molecule has 5 nitrogen and oxygen atoms in total. The summed E-state index contributed by atoms with van der Waals surface area (Å²) in [4.78, 5) is 16.7. The molecule has 1 amide bonds. The van der Waals surface area contributed by atoms with Gasteiger partial charge in [0.15, 0.2) is 16.6 Å². The Hall–Kier alpha value is -2.72. The van der Waals surface area contributed by atoms with E-state index in [-0.39, 0.29) is 29.0 Å². The average Bonchev–Trinajstić information content (AvgIpc) is 3.29. The van der Waals surface area contributed by atoms with Crippen molar-refractivity contribution in [1.82, 2.24) is 4.98 Å². The maximum Gasteiger partial charge on any atom is 0.446 e. The largest absolute Gasteiger partial charge is 0.454 e. The Morgan fingerprint density at radius 2 is 1.86 bits per heavy atom. The second kappa shape index (κ2) is 7.36. The topological polar surface area (TPSA) is 60.5 Å². The van der Waals surface area contributed by atoms with E-state index in [2.05, 4.69) is 10.3 Å². The van der Waals surface area contributed by atoms with Crippen LogP contribution in [0.2, 0.25) is 0 Å². The summed E-state index contributed by atoms with van der Waals surface area (Å²) in [7, 11) is 0. The van der Waals surface area contributed by atoms with Gasteiger partial charge in [0.1, 0.15) is 0 Å². The number of thioether (sulfide) groups is 1. The first-order chi connectivity index (χ1) is 13.4. The summed E-state index contributed by atoms with van der Waals surface area (Å²) in [5.74, 6) is 0.850. The molecule has 0 fully saturated rings. The number of alkyl halides is 3. The van der Waals surface area contributed by atoms with Crippen LogP contribution in [0.1, 0.15) is 10.4 Å². The van der Waals surface area contributed by atoms with Crippen molar-refractivity contribution in [2.75, 3.05) is 12.1 Å². The minimum atomic E-state index is -4.37. The van der Waals surface area contributed by atoms with E-state index in [9.17, 15) is 18.0 Å². The van der Waals surface area contributed by atoms with Gasteiger partial charge in [-0.25, -0.2) is 4.98 Å². The lowest BCUT2D eigenvalue weighted by atomic mass is 10.1. The second-order valence-electron chi connectivity index (χ2n) is 5.63. The lowest BCUT2D eigenvalue weighted by Gasteiger charge is -2.06. The third-order valence-electron chi connectivity index (χ3n) is 3.74. The first kappa shape index (κ1) is 18.6. The van der Waals surface area contributed by atoms with Crippen molar-refractivity contribution in [3.63, 3.8) is 0 Å². The highest BCUT2D eigenvalue weighted by Crippen LogP contribution is 2.37. The lowest BCUT2D eigenvalue weighted by Crippen LogP contribution is -2.11. The minimum absolute atomic E-state index is 0.0170. The highest BCUT2D eigenvalue weighted by Gasteiger charge is 2.29. The molecule has 0 aliphatic carbocycles. The summed E-state index contributed by atoms with van der Waals surface area (Å²) in [5, 5.41) is 4.82. The first-order valence-electron chi connectivity index (χ1n) is 7.90. The third-order valence-corrected chi connectivity index (χ3v) is 5.24. The summed E-state index contributed by atoms with van der Waals surface area (Å²) in [6.07, 6.45) is 0. The molecule has 0 unspecified atom stereocenters. The van der Waals surface area contributed by atoms with Crippen molar-refractivity contribution < 1.29 is 27.4 Å². The number of benzene rings is 2. The molecule has 0 radical (unpaired) electrons. The monoisotopic (exact) mass is 424 g/mol. The van der Waals surface area contributed by atoms with Crippen LogP contribution in [0.4, 0.5) is 18.3 Å². The van der Waals surface area contributed by atoms with Crippen LogP contribution in [0.5, 0.6) is 11.5 Å². The number of amides is 1. The van der Waals surface area contributed by atoms with Gasteiger partial charge < -0.3 is 9.47 Å². The molecule has 0 saturated heterocycles. The second-order valence-corrected chi connectivity index (χ2v) is 7.63. The van der Waals surface area contributed by atoms with Crippen LogP contribution in [-0.4, -0.2) is 23.2 Å². The number of fused-ring (bicyclic) bond motifs is 1. The molecule has 3 aromatic rings. The van der Waals surface area contributed by atoms with Crippen LogP contribution in [0.3, 0.4) is 0 Å². The van der Waals surface area contributed by atoms with E-state index in [1.165, 1.54) is 35.6 Å². The number of nitrogens with one attached hydrogen (secondary N) is 1. The van der Waals surface area contributed by atoms with Crippen molar-refractivity contribution in [2.24, 2.45) is 0 Å².